The van der Waals surface area contributed by atoms with Gasteiger partial charge in [-0.2, -0.15) is 13.2 Å². The van der Waals surface area contributed by atoms with E-state index in [9.17, 15) is 13.2 Å². The van der Waals surface area contributed by atoms with E-state index in [0.29, 0.717) is 0 Å². The van der Waals surface area contributed by atoms with Gasteiger partial charge in [0.25, 0.3) is 0 Å². The normalized spacial score (nSPS) is 10.3. The average Bonchev–Trinajstić information content (AvgIpc) is 2.19. The summed E-state index contributed by atoms with van der Waals surface area (Å²) in [5, 5.41) is 0. The van der Waals surface area contributed by atoms with Gasteiger partial charge in [-0.1, -0.05) is 13.8 Å². The van der Waals surface area contributed by atoms with Gasteiger partial charge in [-0.25, -0.2) is 0 Å². The summed E-state index contributed by atoms with van der Waals surface area (Å²) in [4.78, 5) is 0. The van der Waals surface area contributed by atoms with Crippen LogP contribution in [-0.2, 0) is 6.18 Å². The van der Waals surface area contributed by atoms with E-state index in [1.54, 1.807) is 0 Å². The number of nitrogen functional groups attached to an aromatic ring is 1. The highest BCUT2D eigenvalue weighted by Crippen LogP contribution is 2.33. The van der Waals surface area contributed by atoms with Crippen LogP contribution in [0.1, 0.15) is 19.4 Å². The molecule has 0 fully saturated rings. The molecule has 0 aliphatic heterocycles. The molecule has 0 aromatic heterocycles. The third kappa shape index (κ3) is 3.69. The molecule has 0 atom stereocenters. The van der Waals surface area contributed by atoms with Crippen LogP contribution in [0.4, 0.5) is 18.9 Å². The van der Waals surface area contributed by atoms with Crippen LogP contribution in [0.25, 0.3) is 0 Å². The predicted molar refractivity (Wildman–Crippen MR) is 53.8 cm³/mol. The van der Waals surface area contributed by atoms with Crippen LogP contribution in [0.2, 0.25) is 0 Å². The zero-order valence-electron chi connectivity index (χ0n) is 8.85. The van der Waals surface area contributed by atoms with Crippen molar-refractivity contribution in [2.24, 2.45) is 0 Å². The molecule has 5 heteroatoms. The van der Waals surface area contributed by atoms with Crippen LogP contribution < -0.4 is 10.5 Å². The number of rotatable bonds is 1. The highest BCUT2D eigenvalue weighted by molar-refractivity contribution is 5.54. The van der Waals surface area contributed by atoms with E-state index >= 15 is 0 Å². The topological polar surface area (TPSA) is 35.2 Å². The van der Waals surface area contributed by atoms with Crippen molar-refractivity contribution >= 4 is 5.69 Å². The van der Waals surface area contributed by atoms with Crippen molar-refractivity contribution in [3.63, 3.8) is 0 Å². The fraction of sp³-hybridized carbons (Fsp3) is 0.400. The van der Waals surface area contributed by atoms with Gasteiger partial charge in [0.1, 0.15) is 5.75 Å². The molecule has 0 aliphatic rings. The van der Waals surface area contributed by atoms with Gasteiger partial charge < -0.3 is 10.5 Å². The Labute approximate surface area is 86.8 Å². The van der Waals surface area contributed by atoms with Gasteiger partial charge in [0.2, 0.25) is 0 Å². The van der Waals surface area contributed by atoms with Crippen molar-refractivity contribution in [1.82, 2.24) is 0 Å². The second kappa shape index (κ2) is 5.48. The average molecular weight is 221 g/mol. The van der Waals surface area contributed by atoms with E-state index in [1.165, 1.54) is 13.2 Å². The molecular weight excluding hydrogens is 207 g/mol. The van der Waals surface area contributed by atoms with Crippen molar-refractivity contribution in [2.75, 3.05) is 12.8 Å². The fourth-order valence-electron chi connectivity index (χ4n) is 0.911. The lowest BCUT2D eigenvalue weighted by Gasteiger charge is -2.09. The standard InChI is InChI=1S/C8H8F3NO.C2H6/c1-13-7-3-2-5(4-6(7)12)8(9,10)11;1-2/h2-4H,12H2,1H3;1-2H3. The van der Waals surface area contributed by atoms with Crippen LogP contribution in [0.5, 0.6) is 5.75 Å². The summed E-state index contributed by atoms with van der Waals surface area (Å²) in [5.41, 5.74) is 4.51. The molecule has 86 valence electrons. The zero-order valence-corrected chi connectivity index (χ0v) is 8.85. The summed E-state index contributed by atoms with van der Waals surface area (Å²) >= 11 is 0. The van der Waals surface area contributed by atoms with Crippen molar-refractivity contribution in [3.05, 3.63) is 23.8 Å². The second-order valence-corrected chi connectivity index (χ2v) is 2.45. The molecule has 1 aromatic rings. The van der Waals surface area contributed by atoms with Crippen LogP contribution in [-0.4, -0.2) is 7.11 Å². The fourth-order valence-corrected chi connectivity index (χ4v) is 0.911. The van der Waals surface area contributed by atoms with E-state index < -0.39 is 11.7 Å². The number of hydrogen-bond donors (Lipinski definition) is 1. The number of anilines is 1. The summed E-state index contributed by atoms with van der Waals surface area (Å²) in [6, 6.07) is 2.96. The Morgan fingerprint density at radius 3 is 2.07 bits per heavy atom. The first kappa shape index (κ1) is 13.6. The highest BCUT2D eigenvalue weighted by Gasteiger charge is 2.30. The minimum atomic E-state index is -4.36. The second-order valence-electron chi connectivity index (χ2n) is 2.45. The molecular formula is C10H14F3NO. The molecule has 0 heterocycles. The minimum Gasteiger partial charge on any atom is -0.495 e. The molecule has 0 amide bonds. The van der Waals surface area contributed by atoms with Crippen molar-refractivity contribution in [2.45, 2.75) is 20.0 Å². The zero-order chi connectivity index (χ0) is 12.1. The van der Waals surface area contributed by atoms with Gasteiger partial charge in [0.05, 0.1) is 18.4 Å². The molecule has 0 bridgehead atoms. The van der Waals surface area contributed by atoms with Crippen molar-refractivity contribution in [3.8, 4) is 5.75 Å². The molecule has 0 spiro atoms. The van der Waals surface area contributed by atoms with E-state index in [1.807, 2.05) is 13.8 Å². The van der Waals surface area contributed by atoms with Crippen LogP contribution in [0.15, 0.2) is 18.2 Å². The van der Waals surface area contributed by atoms with E-state index in [-0.39, 0.29) is 11.4 Å². The lowest BCUT2D eigenvalue weighted by molar-refractivity contribution is -0.137. The Balaban J connectivity index is 0.000000921. The third-order valence-corrected chi connectivity index (χ3v) is 1.56. The Morgan fingerprint density at radius 1 is 1.20 bits per heavy atom. The highest BCUT2D eigenvalue weighted by atomic mass is 19.4. The van der Waals surface area contributed by atoms with Crippen LogP contribution in [0, 0.1) is 0 Å². The van der Waals surface area contributed by atoms with Crippen LogP contribution >= 0.6 is 0 Å². The summed E-state index contributed by atoms with van der Waals surface area (Å²) in [5.74, 6) is 0.244. The van der Waals surface area contributed by atoms with Gasteiger partial charge in [0, 0.05) is 0 Å². The van der Waals surface area contributed by atoms with Gasteiger partial charge in [0.15, 0.2) is 0 Å². The van der Waals surface area contributed by atoms with Crippen molar-refractivity contribution < 1.29 is 17.9 Å². The monoisotopic (exact) mass is 221 g/mol. The number of hydrogen-bond acceptors (Lipinski definition) is 2. The van der Waals surface area contributed by atoms with Crippen molar-refractivity contribution in [1.29, 1.82) is 0 Å². The van der Waals surface area contributed by atoms with Gasteiger partial charge >= 0.3 is 6.18 Å². The summed E-state index contributed by atoms with van der Waals surface area (Å²) in [6.07, 6.45) is -4.36. The lowest BCUT2D eigenvalue weighted by atomic mass is 10.2. The van der Waals surface area contributed by atoms with Gasteiger partial charge in [-0.05, 0) is 18.2 Å². The smallest absolute Gasteiger partial charge is 0.416 e. The molecule has 1 aromatic carbocycles. The van der Waals surface area contributed by atoms with E-state index in [2.05, 4.69) is 0 Å². The number of alkyl halides is 3. The van der Waals surface area contributed by atoms with E-state index in [0.717, 1.165) is 12.1 Å². The Hall–Kier alpha value is -1.39. The maximum Gasteiger partial charge on any atom is 0.416 e. The SMILES string of the molecule is CC.COc1ccc(C(F)(F)F)cc1N. The third-order valence-electron chi connectivity index (χ3n) is 1.56. The van der Waals surface area contributed by atoms with Gasteiger partial charge in [-0.15, -0.1) is 0 Å². The molecule has 0 unspecified atom stereocenters. The molecule has 0 saturated carbocycles. The number of halogens is 3. The molecule has 2 N–H and O–H groups in total. The summed E-state index contributed by atoms with van der Waals surface area (Å²) in [6.45, 7) is 4.00. The summed E-state index contributed by atoms with van der Waals surface area (Å²) < 4.78 is 41.0. The number of ether oxygens (including phenoxy) is 1. The molecule has 0 radical (unpaired) electrons. The minimum absolute atomic E-state index is 0.0164. The summed E-state index contributed by atoms with van der Waals surface area (Å²) in [7, 11) is 1.35. The Bertz CT molecular complexity index is 310. The maximum atomic E-state index is 12.1. The Morgan fingerprint density at radius 2 is 1.73 bits per heavy atom. The quantitative estimate of drug-likeness (QED) is 0.738. The molecule has 1 rings (SSSR count). The van der Waals surface area contributed by atoms with Gasteiger partial charge in [-0.3, -0.25) is 0 Å². The largest absolute Gasteiger partial charge is 0.495 e. The number of benzene rings is 1. The Kier molecular flexibility index (Phi) is 4.97. The molecule has 2 nitrogen and oxygen atoms in total. The molecule has 0 saturated heterocycles. The number of nitrogens with two attached hydrogens (primary N) is 1. The lowest BCUT2D eigenvalue weighted by Crippen LogP contribution is -2.05. The molecule has 15 heavy (non-hydrogen) atoms. The first-order chi connectivity index (χ1) is 6.95. The maximum absolute atomic E-state index is 12.1. The van der Waals surface area contributed by atoms with Crippen LogP contribution in [0.3, 0.4) is 0 Å². The first-order valence-electron chi connectivity index (χ1n) is 4.46. The first-order valence-corrected chi connectivity index (χ1v) is 4.46. The predicted octanol–water partition coefficient (Wildman–Crippen LogP) is 3.32. The van der Waals surface area contributed by atoms with E-state index in [4.69, 9.17) is 10.5 Å². The molecule has 0 aliphatic carbocycles. The number of methoxy groups -OCH3 is 1.